The van der Waals surface area contributed by atoms with Gasteiger partial charge in [0, 0.05) is 7.11 Å². The molecule has 0 aliphatic heterocycles. The van der Waals surface area contributed by atoms with Crippen molar-refractivity contribution in [2.24, 2.45) is 11.3 Å². The van der Waals surface area contributed by atoms with Crippen LogP contribution in [0.3, 0.4) is 0 Å². The van der Waals surface area contributed by atoms with Crippen LogP contribution in [0.15, 0.2) is 4.52 Å². The molecular weight excluding hydrogens is 254 g/mol. The van der Waals surface area contributed by atoms with Crippen molar-refractivity contribution < 1.29 is 9.26 Å². The molecule has 2 aliphatic rings. The molecule has 2 fully saturated rings. The molecule has 108 valence electrons. The van der Waals surface area contributed by atoms with E-state index in [0.29, 0.717) is 17.1 Å². The second-order valence-electron chi connectivity index (χ2n) is 6.90. The summed E-state index contributed by atoms with van der Waals surface area (Å²) in [7, 11) is 1.73. The van der Waals surface area contributed by atoms with E-state index in [1.807, 2.05) is 0 Å². The van der Waals surface area contributed by atoms with Crippen LogP contribution in [0, 0.1) is 22.7 Å². The van der Waals surface area contributed by atoms with Gasteiger partial charge in [-0.05, 0) is 37.5 Å². The van der Waals surface area contributed by atoms with E-state index in [9.17, 15) is 0 Å². The molecular formula is C15H21N3O2. The fourth-order valence-corrected chi connectivity index (χ4v) is 3.03. The molecule has 2 atom stereocenters. The molecule has 0 spiro atoms. The highest BCUT2D eigenvalue weighted by atomic mass is 16.5. The van der Waals surface area contributed by atoms with Gasteiger partial charge >= 0.3 is 0 Å². The predicted octanol–water partition coefficient (Wildman–Crippen LogP) is 3.14. The predicted molar refractivity (Wildman–Crippen MR) is 71.7 cm³/mol. The fourth-order valence-electron chi connectivity index (χ4n) is 3.03. The first kappa shape index (κ1) is 13.6. The minimum absolute atomic E-state index is 0.0482. The molecule has 0 amide bonds. The molecule has 2 aliphatic carbocycles. The molecule has 0 saturated heterocycles. The average Bonchev–Trinajstić information content (AvgIpc) is 3.07. The normalized spacial score (nSPS) is 30.7. The smallest absolute Gasteiger partial charge is 0.231 e. The lowest BCUT2D eigenvalue weighted by atomic mass is 9.70. The average molecular weight is 275 g/mol. The SMILES string of the molecule is COC1(c2noc(C3CC3C#N)n2)CCC(C)(C)CC1. The van der Waals surface area contributed by atoms with E-state index in [2.05, 4.69) is 30.1 Å². The Morgan fingerprint density at radius 1 is 1.30 bits per heavy atom. The van der Waals surface area contributed by atoms with Gasteiger partial charge in [0.15, 0.2) is 0 Å². The third kappa shape index (κ3) is 2.22. The number of methoxy groups -OCH3 is 1. The Labute approximate surface area is 119 Å². The minimum Gasteiger partial charge on any atom is -0.370 e. The van der Waals surface area contributed by atoms with E-state index in [1.165, 1.54) is 0 Å². The van der Waals surface area contributed by atoms with E-state index >= 15 is 0 Å². The minimum atomic E-state index is -0.408. The van der Waals surface area contributed by atoms with E-state index < -0.39 is 5.60 Å². The van der Waals surface area contributed by atoms with Gasteiger partial charge in [-0.25, -0.2) is 0 Å². The van der Waals surface area contributed by atoms with Gasteiger partial charge in [0.25, 0.3) is 0 Å². The van der Waals surface area contributed by atoms with Crippen LogP contribution in [0.25, 0.3) is 0 Å². The largest absolute Gasteiger partial charge is 0.370 e. The lowest BCUT2D eigenvalue weighted by Gasteiger charge is -2.40. The maximum Gasteiger partial charge on any atom is 0.231 e. The van der Waals surface area contributed by atoms with Crippen molar-refractivity contribution in [3.63, 3.8) is 0 Å². The fraction of sp³-hybridized carbons (Fsp3) is 0.800. The molecule has 0 radical (unpaired) electrons. The molecule has 1 aromatic heterocycles. The van der Waals surface area contributed by atoms with Crippen molar-refractivity contribution in [1.82, 2.24) is 10.1 Å². The van der Waals surface area contributed by atoms with Crippen molar-refractivity contribution >= 4 is 0 Å². The molecule has 5 heteroatoms. The second kappa shape index (κ2) is 4.56. The number of nitriles is 1. The summed E-state index contributed by atoms with van der Waals surface area (Å²) < 4.78 is 11.1. The van der Waals surface area contributed by atoms with Crippen molar-refractivity contribution in [2.45, 2.75) is 57.5 Å². The van der Waals surface area contributed by atoms with Crippen LogP contribution in [0.5, 0.6) is 0 Å². The van der Waals surface area contributed by atoms with Crippen molar-refractivity contribution in [3.8, 4) is 6.07 Å². The number of ether oxygens (including phenoxy) is 1. The standard InChI is InChI=1S/C15H21N3O2/c1-14(2)4-6-15(19-3,7-5-14)13-17-12(20-18-13)11-8-10(11)9-16/h10-11H,4-8H2,1-3H3. The maximum absolute atomic E-state index is 8.88. The van der Waals surface area contributed by atoms with Crippen molar-refractivity contribution in [1.29, 1.82) is 5.26 Å². The van der Waals surface area contributed by atoms with Crippen LogP contribution in [0.1, 0.15) is 63.6 Å². The first-order valence-corrected chi connectivity index (χ1v) is 7.28. The topological polar surface area (TPSA) is 71.9 Å². The summed E-state index contributed by atoms with van der Waals surface area (Å²) >= 11 is 0. The summed E-state index contributed by atoms with van der Waals surface area (Å²) in [6.07, 6.45) is 4.86. The van der Waals surface area contributed by atoms with Crippen LogP contribution in [-0.2, 0) is 10.3 Å². The Kier molecular flexibility index (Phi) is 3.09. The molecule has 2 saturated carbocycles. The van der Waals surface area contributed by atoms with Gasteiger partial charge in [0.1, 0.15) is 5.60 Å². The molecule has 0 aromatic carbocycles. The Morgan fingerprint density at radius 3 is 2.55 bits per heavy atom. The van der Waals surface area contributed by atoms with Crippen LogP contribution in [-0.4, -0.2) is 17.3 Å². The van der Waals surface area contributed by atoms with E-state index in [4.69, 9.17) is 14.5 Å². The summed E-state index contributed by atoms with van der Waals surface area (Å²) in [6.45, 7) is 4.58. The lowest BCUT2D eigenvalue weighted by Crippen LogP contribution is -2.37. The Hall–Kier alpha value is -1.41. The summed E-state index contributed by atoms with van der Waals surface area (Å²) in [5.74, 6) is 1.45. The van der Waals surface area contributed by atoms with Gasteiger partial charge in [0.05, 0.1) is 17.9 Å². The molecule has 5 nitrogen and oxygen atoms in total. The zero-order chi connectivity index (χ0) is 14.4. The molecule has 2 unspecified atom stereocenters. The first-order chi connectivity index (χ1) is 9.50. The summed E-state index contributed by atoms with van der Waals surface area (Å²) in [6, 6.07) is 2.25. The molecule has 0 bridgehead atoms. The van der Waals surface area contributed by atoms with Gasteiger partial charge in [-0.3, -0.25) is 0 Å². The van der Waals surface area contributed by atoms with Crippen LogP contribution in [0.2, 0.25) is 0 Å². The third-order valence-corrected chi connectivity index (χ3v) is 4.92. The van der Waals surface area contributed by atoms with Crippen molar-refractivity contribution in [2.75, 3.05) is 7.11 Å². The lowest BCUT2D eigenvalue weighted by molar-refractivity contribution is -0.0740. The summed E-state index contributed by atoms with van der Waals surface area (Å²) in [5, 5.41) is 13.0. The molecule has 0 N–H and O–H groups in total. The molecule has 1 aromatic rings. The zero-order valence-electron chi connectivity index (χ0n) is 12.3. The highest BCUT2D eigenvalue weighted by Gasteiger charge is 2.47. The number of hydrogen-bond acceptors (Lipinski definition) is 5. The number of hydrogen-bond donors (Lipinski definition) is 0. The van der Waals surface area contributed by atoms with Crippen LogP contribution < -0.4 is 0 Å². The highest BCUT2D eigenvalue weighted by molar-refractivity contribution is 5.17. The Balaban J connectivity index is 1.79. The first-order valence-electron chi connectivity index (χ1n) is 7.28. The zero-order valence-corrected chi connectivity index (χ0v) is 12.3. The number of rotatable bonds is 3. The van der Waals surface area contributed by atoms with E-state index in [-0.39, 0.29) is 11.8 Å². The van der Waals surface area contributed by atoms with Crippen LogP contribution >= 0.6 is 0 Å². The Bertz CT molecular complexity index is 534. The van der Waals surface area contributed by atoms with Crippen LogP contribution in [0.4, 0.5) is 0 Å². The van der Waals surface area contributed by atoms with Gasteiger partial charge in [0.2, 0.25) is 11.7 Å². The van der Waals surface area contributed by atoms with Gasteiger partial charge in [-0.2, -0.15) is 10.2 Å². The van der Waals surface area contributed by atoms with E-state index in [0.717, 1.165) is 32.1 Å². The number of aromatic nitrogens is 2. The highest BCUT2D eigenvalue weighted by Crippen LogP contribution is 2.49. The van der Waals surface area contributed by atoms with Crippen molar-refractivity contribution in [3.05, 3.63) is 11.7 Å². The number of nitrogens with zero attached hydrogens (tertiary/aromatic N) is 3. The quantitative estimate of drug-likeness (QED) is 0.847. The summed E-state index contributed by atoms with van der Waals surface area (Å²) in [5.41, 5.74) is -0.0503. The molecule has 20 heavy (non-hydrogen) atoms. The Morgan fingerprint density at radius 2 is 2.00 bits per heavy atom. The monoisotopic (exact) mass is 275 g/mol. The molecule has 3 rings (SSSR count). The van der Waals surface area contributed by atoms with Gasteiger partial charge in [-0.1, -0.05) is 19.0 Å². The maximum atomic E-state index is 8.88. The molecule has 1 heterocycles. The van der Waals surface area contributed by atoms with Gasteiger partial charge < -0.3 is 9.26 Å². The van der Waals surface area contributed by atoms with Gasteiger partial charge in [-0.15, -0.1) is 0 Å². The van der Waals surface area contributed by atoms with E-state index in [1.54, 1.807) is 7.11 Å². The summed E-state index contributed by atoms with van der Waals surface area (Å²) in [4.78, 5) is 4.53. The third-order valence-electron chi connectivity index (χ3n) is 4.92. The second-order valence-corrected chi connectivity index (χ2v) is 6.90.